The molecule has 0 fully saturated rings. The van der Waals surface area contributed by atoms with Crippen LogP contribution >= 0.6 is 11.6 Å². The SMILES string of the molecule is C=C(N)c1cc(NC(=C)c2c(Cc3ccc(F)c(F)c3CC(C)(O)O)cc(Cl)c3c2C3(C)C)ccn1. The molecule has 0 saturated carbocycles. The van der Waals surface area contributed by atoms with Gasteiger partial charge >= 0.3 is 0 Å². The average molecular weight is 512 g/mol. The van der Waals surface area contributed by atoms with E-state index >= 15 is 0 Å². The normalized spacial score (nSPS) is 13.8. The second-order valence-corrected chi connectivity index (χ2v) is 10.3. The van der Waals surface area contributed by atoms with E-state index in [9.17, 15) is 19.0 Å². The molecule has 0 bridgehead atoms. The molecule has 2 aromatic carbocycles. The second kappa shape index (κ2) is 9.00. The molecule has 1 heterocycles. The Kier molecular flexibility index (Phi) is 6.45. The fourth-order valence-electron chi connectivity index (χ4n) is 4.72. The van der Waals surface area contributed by atoms with Gasteiger partial charge in [-0.25, -0.2) is 8.78 Å². The van der Waals surface area contributed by atoms with Gasteiger partial charge in [-0.1, -0.05) is 44.7 Å². The lowest BCUT2D eigenvalue weighted by atomic mass is 9.91. The van der Waals surface area contributed by atoms with Crippen LogP contribution in [-0.4, -0.2) is 21.0 Å². The van der Waals surface area contributed by atoms with Crippen LogP contribution in [0.4, 0.5) is 14.5 Å². The third-order valence-electron chi connectivity index (χ3n) is 6.42. The molecule has 3 aromatic rings. The number of nitrogens with zero attached hydrogens (tertiary/aromatic N) is 1. The maximum Gasteiger partial charge on any atom is 0.163 e. The van der Waals surface area contributed by atoms with E-state index in [1.165, 1.54) is 6.07 Å². The van der Waals surface area contributed by atoms with Gasteiger partial charge in [0.25, 0.3) is 0 Å². The monoisotopic (exact) mass is 511 g/mol. The third kappa shape index (κ3) is 4.87. The number of rotatable bonds is 8. The number of pyridine rings is 1. The standard InChI is InChI=1S/C28H28ClF2N3O2/c1-14(32)22-12-18(8-9-33-22)34-15(2)23-17(11-20(29)24-25(23)27(24,3)4)10-16-6-7-21(30)26(31)19(16)13-28(5,35)36/h6-9,11-12,35-36H,1-2,10,13,32H2,3-5H3,(H,33,34). The lowest BCUT2D eigenvalue weighted by Crippen LogP contribution is -2.27. The van der Waals surface area contributed by atoms with Crippen molar-refractivity contribution in [3.63, 3.8) is 0 Å². The minimum atomic E-state index is -2.22. The molecule has 4 rings (SSSR count). The molecule has 0 atom stereocenters. The summed E-state index contributed by atoms with van der Waals surface area (Å²) in [5.41, 5.74) is 11.5. The van der Waals surface area contributed by atoms with E-state index in [0.717, 1.165) is 35.2 Å². The maximum atomic E-state index is 14.8. The number of fused-ring (bicyclic) bond motifs is 1. The second-order valence-electron chi connectivity index (χ2n) is 9.90. The minimum absolute atomic E-state index is 0.104. The van der Waals surface area contributed by atoms with Gasteiger partial charge in [-0.2, -0.15) is 0 Å². The van der Waals surface area contributed by atoms with Gasteiger partial charge in [-0.3, -0.25) is 4.98 Å². The minimum Gasteiger partial charge on any atom is -0.397 e. The molecular weight excluding hydrogens is 484 g/mol. The number of aliphatic hydroxyl groups is 2. The Balaban J connectivity index is 1.79. The first-order valence-electron chi connectivity index (χ1n) is 11.3. The van der Waals surface area contributed by atoms with Crippen molar-refractivity contribution in [2.45, 2.75) is 44.8 Å². The van der Waals surface area contributed by atoms with E-state index in [0.29, 0.717) is 33.4 Å². The first-order chi connectivity index (χ1) is 16.7. The summed E-state index contributed by atoms with van der Waals surface area (Å²) in [5.74, 6) is -4.38. The molecule has 1 aliphatic carbocycles. The van der Waals surface area contributed by atoms with E-state index in [1.807, 2.05) is 0 Å². The van der Waals surface area contributed by atoms with Gasteiger partial charge in [0, 0.05) is 40.0 Å². The van der Waals surface area contributed by atoms with Gasteiger partial charge in [-0.15, -0.1) is 0 Å². The molecule has 5 N–H and O–H groups in total. The van der Waals surface area contributed by atoms with Crippen LogP contribution in [-0.2, 0) is 18.3 Å². The van der Waals surface area contributed by atoms with Crippen molar-refractivity contribution >= 4 is 28.7 Å². The van der Waals surface area contributed by atoms with Gasteiger partial charge in [0.05, 0.1) is 11.4 Å². The largest absolute Gasteiger partial charge is 0.397 e. The van der Waals surface area contributed by atoms with Gasteiger partial charge in [0.1, 0.15) is 0 Å². The lowest BCUT2D eigenvalue weighted by molar-refractivity contribution is -0.143. The quantitative estimate of drug-likeness (QED) is 0.300. The summed E-state index contributed by atoms with van der Waals surface area (Å²) in [4.78, 5) is 4.19. The fourth-order valence-corrected chi connectivity index (χ4v) is 5.18. The first kappa shape index (κ1) is 25.8. The topological polar surface area (TPSA) is 91.4 Å². The van der Waals surface area contributed by atoms with E-state index in [4.69, 9.17) is 17.3 Å². The first-order valence-corrected chi connectivity index (χ1v) is 11.7. The molecule has 0 unspecified atom stereocenters. The zero-order chi connectivity index (χ0) is 26.6. The summed E-state index contributed by atoms with van der Waals surface area (Å²) in [6, 6.07) is 7.81. The van der Waals surface area contributed by atoms with Gasteiger partial charge < -0.3 is 21.3 Å². The number of hydrogen-bond donors (Lipinski definition) is 4. The lowest BCUT2D eigenvalue weighted by Gasteiger charge is -2.21. The van der Waals surface area contributed by atoms with Crippen molar-refractivity contribution in [2.24, 2.45) is 5.73 Å². The molecule has 0 spiro atoms. The number of nitrogens with two attached hydrogens (primary N) is 1. The van der Waals surface area contributed by atoms with Crippen molar-refractivity contribution in [1.82, 2.24) is 4.98 Å². The smallest absolute Gasteiger partial charge is 0.163 e. The zero-order valence-corrected chi connectivity index (χ0v) is 21.1. The number of benzene rings is 2. The Labute approximate surface area is 214 Å². The van der Waals surface area contributed by atoms with Crippen molar-refractivity contribution in [3.8, 4) is 0 Å². The van der Waals surface area contributed by atoms with Gasteiger partial charge in [-0.05, 0) is 65.4 Å². The van der Waals surface area contributed by atoms with Crippen molar-refractivity contribution < 1.29 is 19.0 Å². The molecule has 0 saturated heterocycles. The Morgan fingerprint density at radius 3 is 2.47 bits per heavy atom. The van der Waals surface area contributed by atoms with Crippen LogP contribution in [0.1, 0.15) is 59.8 Å². The van der Waals surface area contributed by atoms with E-state index in [1.54, 1.807) is 24.4 Å². The molecule has 0 amide bonds. The average Bonchev–Trinajstić information content (AvgIpc) is 3.35. The van der Waals surface area contributed by atoms with Gasteiger partial charge in [0.15, 0.2) is 17.4 Å². The summed E-state index contributed by atoms with van der Waals surface area (Å²) in [6.07, 6.45) is 1.30. The number of halogens is 3. The van der Waals surface area contributed by atoms with Crippen LogP contribution in [0, 0.1) is 11.6 Å². The summed E-state index contributed by atoms with van der Waals surface area (Å²) in [6.45, 7) is 13.2. The number of hydrogen-bond acceptors (Lipinski definition) is 5. The van der Waals surface area contributed by atoms with E-state index < -0.39 is 23.8 Å². The van der Waals surface area contributed by atoms with E-state index in [-0.39, 0.29) is 17.4 Å². The Morgan fingerprint density at radius 1 is 1.14 bits per heavy atom. The molecule has 0 radical (unpaired) electrons. The molecule has 1 aromatic heterocycles. The zero-order valence-electron chi connectivity index (χ0n) is 20.3. The maximum absolute atomic E-state index is 14.8. The molecular formula is C28H28ClF2N3O2. The molecule has 0 aliphatic heterocycles. The molecule has 5 nitrogen and oxygen atoms in total. The molecule has 8 heteroatoms. The molecule has 188 valence electrons. The molecule has 36 heavy (non-hydrogen) atoms. The predicted octanol–water partition coefficient (Wildman–Crippen LogP) is 5.50. The highest BCUT2D eigenvalue weighted by Crippen LogP contribution is 2.57. The van der Waals surface area contributed by atoms with Crippen LogP contribution in [0.15, 0.2) is 49.7 Å². The van der Waals surface area contributed by atoms with Crippen molar-refractivity contribution in [3.05, 3.63) is 105 Å². The Morgan fingerprint density at radius 2 is 1.83 bits per heavy atom. The summed E-state index contributed by atoms with van der Waals surface area (Å²) in [7, 11) is 0. The van der Waals surface area contributed by atoms with E-state index in [2.05, 4.69) is 37.3 Å². The Hall–Kier alpha value is -3.26. The van der Waals surface area contributed by atoms with Crippen molar-refractivity contribution in [1.29, 1.82) is 0 Å². The van der Waals surface area contributed by atoms with Crippen molar-refractivity contribution in [2.75, 3.05) is 5.32 Å². The van der Waals surface area contributed by atoms with Crippen LogP contribution < -0.4 is 11.1 Å². The summed E-state index contributed by atoms with van der Waals surface area (Å²) < 4.78 is 28.8. The highest BCUT2D eigenvalue weighted by molar-refractivity contribution is 6.32. The highest BCUT2D eigenvalue weighted by atomic mass is 35.5. The summed E-state index contributed by atoms with van der Waals surface area (Å²) >= 11 is 6.62. The van der Waals surface area contributed by atoms with Crippen LogP contribution in [0.5, 0.6) is 0 Å². The van der Waals surface area contributed by atoms with Crippen LogP contribution in [0.3, 0.4) is 0 Å². The number of nitrogens with one attached hydrogen (secondary N) is 1. The fraction of sp³-hybridized carbons (Fsp3) is 0.250. The number of anilines is 1. The highest BCUT2D eigenvalue weighted by Gasteiger charge is 2.47. The van der Waals surface area contributed by atoms with Crippen LogP contribution in [0.2, 0.25) is 5.02 Å². The number of aromatic nitrogens is 1. The van der Waals surface area contributed by atoms with Crippen LogP contribution in [0.25, 0.3) is 11.4 Å². The molecule has 1 aliphatic rings. The predicted molar refractivity (Wildman–Crippen MR) is 139 cm³/mol. The third-order valence-corrected chi connectivity index (χ3v) is 6.72. The Bertz CT molecular complexity index is 1410. The summed E-state index contributed by atoms with van der Waals surface area (Å²) in [5, 5.41) is 23.7. The van der Waals surface area contributed by atoms with Gasteiger partial charge in [0.2, 0.25) is 0 Å².